The van der Waals surface area contributed by atoms with Gasteiger partial charge >= 0.3 is 0 Å². The molecule has 0 aromatic carbocycles. The van der Waals surface area contributed by atoms with Crippen molar-refractivity contribution in [3.05, 3.63) is 0 Å². The molecule has 2 nitrogen and oxygen atoms in total. The Morgan fingerprint density at radius 1 is 1.43 bits per heavy atom. The second-order valence-corrected chi connectivity index (χ2v) is 4.55. The first-order valence-electron chi connectivity index (χ1n) is 5.20. The van der Waals surface area contributed by atoms with E-state index in [0.29, 0.717) is 0 Å². The summed E-state index contributed by atoms with van der Waals surface area (Å²) in [7, 11) is 1.61. The molecule has 1 N–H and O–H groups in total. The van der Waals surface area contributed by atoms with Crippen LogP contribution < -0.4 is 5.32 Å². The fourth-order valence-corrected chi connectivity index (χ4v) is 2.73. The van der Waals surface area contributed by atoms with Gasteiger partial charge in [-0.3, -0.25) is 0 Å². The van der Waals surface area contributed by atoms with Crippen LogP contribution in [0.5, 0.6) is 0 Å². The molecule has 0 aromatic rings. The lowest BCUT2D eigenvalue weighted by Gasteiger charge is -2.37. The van der Waals surface area contributed by atoms with E-state index in [4.69, 9.17) is 4.74 Å². The maximum absolute atomic E-state index is 12.9. The average Bonchev–Trinajstić information content (AvgIpc) is 2.77. The molecule has 2 aliphatic heterocycles. The number of hydrogen-bond donors (Lipinski definition) is 1. The SMILES string of the molecule is CNC(C)(C(F)F)C1CC2CCC1O2. The Kier molecular flexibility index (Phi) is 2.52. The minimum atomic E-state index is -2.33. The van der Waals surface area contributed by atoms with Crippen LogP contribution >= 0.6 is 0 Å². The van der Waals surface area contributed by atoms with Crippen molar-refractivity contribution in [2.45, 2.75) is 50.4 Å². The van der Waals surface area contributed by atoms with E-state index in [9.17, 15) is 8.78 Å². The summed E-state index contributed by atoms with van der Waals surface area (Å²) in [6.07, 6.45) is 0.721. The van der Waals surface area contributed by atoms with Gasteiger partial charge < -0.3 is 10.1 Å². The summed E-state index contributed by atoms with van der Waals surface area (Å²) < 4.78 is 31.5. The third kappa shape index (κ3) is 1.36. The van der Waals surface area contributed by atoms with Crippen molar-refractivity contribution in [1.29, 1.82) is 0 Å². The maximum Gasteiger partial charge on any atom is 0.256 e. The Labute approximate surface area is 83.0 Å². The van der Waals surface area contributed by atoms with E-state index in [1.54, 1.807) is 14.0 Å². The van der Waals surface area contributed by atoms with E-state index in [2.05, 4.69) is 5.32 Å². The summed E-state index contributed by atoms with van der Waals surface area (Å²) >= 11 is 0. The van der Waals surface area contributed by atoms with Crippen molar-refractivity contribution in [1.82, 2.24) is 5.32 Å². The Morgan fingerprint density at radius 2 is 2.14 bits per heavy atom. The first kappa shape index (κ1) is 10.3. The van der Waals surface area contributed by atoms with E-state index in [1.165, 1.54) is 0 Å². The van der Waals surface area contributed by atoms with Crippen LogP contribution in [0.3, 0.4) is 0 Å². The monoisotopic (exact) mass is 205 g/mol. The van der Waals surface area contributed by atoms with Crippen molar-refractivity contribution in [3.63, 3.8) is 0 Å². The van der Waals surface area contributed by atoms with E-state index in [0.717, 1.165) is 19.3 Å². The summed E-state index contributed by atoms with van der Waals surface area (Å²) in [6.45, 7) is 1.60. The molecule has 2 fully saturated rings. The van der Waals surface area contributed by atoms with E-state index in [1.807, 2.05) is 0 Å². The highest BCUT2D eigenvalue weighted by atomic mass is 19.3. The van der Waals surface area contributed by atoms with Gasteiger partial charge in [-0.05, 0) is 33.2 Å². The first-order valence-corrected chi connectivity index (χ1v) is 5.20. The lowest BCUT2D eigenvalue weighted by molar-refractivity contribution is -0.0157. The topological polar surface area (TPSA) is 21.3 Å². The van der Waals surface area contributed by atoms with E-state index < -0.39 is 12.0 Å². The van der Waals surface area contributed by atoms with Crippen LogP contribution in [0.2, 0.25) is 0 Å². The van der Waals surface area contributed by atoms with Crippen LogP contribution in [0, 0.1) is 5.92 Å². The molecule has 2 heterocycles. The normalized spacial score (nSPS) is 40.5. The molecule has 0 aromatic heterocycles. The van der Waals surface area contributed by atoms with Gasteiger partial charge in [-0.2, -0.15) is 0 Å². The average molecular weight is 205 g/mol. The molecule has 0 aliphatic carbocycles. The van der Waals surface area contributed by atoms with E-state index in [-0.39, 0.29) is 18.1 Å². The highest BCUT2D eigenvalue weighted by Gasteiger charge is 2.52. The van der Waals surface area contributed by atoms with E-state index >= 15 is 0 Å². The van der Waals surface area contributed by atoms with Crippen LogP contribution in [-0.2, 0) is 4.74 Å². The molecule has 0 spiro atoms. The van der Waals surface area contributed by atoms with Gasteiger partial charge in [0.15, 0.2) is 0 Å². The maximum atomic E-state index is 12.9. The highest BCUT2D eigenvalue weighted by Crippen LogP contribution is 2.45. The van der Waals surface area contributed by atoms with Crippen molar-refractivity contribution in [2.75, 3.05) is 7.05 Å². The fraction of sp³-hybridized carbons (Fsp3) is 1.00. The predicted molar refractivity (Wildman–Crippen MR) is 49.5 cm³/mol. The minimum absolute atomic E-state index is 0.0359. The third-order valence-electron chi connectivity index (χ3n) is 3.87. The minimum Gasteiger partial charge on any atom is -0.375 e. The van der Waals surface area contributed by atoms with Gasteiger partial charge in [0.25, 0.3) is 6.43 Å². The zero-order valence-electron chi connectivity index (χ0n) is 8.59. The molecule has 2 aliphatic rings. The molecule has 82 valence electrons. The summed E-state index contributed by atoms with van der Waals surface area (Å²) in [5, 5.41) is 2.77. The number of ether oxygens (including phenoxy) is 1. The van der Waals surface area contributed by atoms with Crippen LogP contribution in [0.25, 0.3) is 0 Å². The molecule has 0 amide bonds. The van der Waals surface area contributed by atoms with Gasteiger partial charge in [-0.25, -0.2) is 8.78 Å². The van der Waals surface area contributed by atoms with Crippen LogP contribution in [0.15, 0.2) is 0 Å². The molecule has 4 heteroatoms. The van der Waals surface area contributed by atoms with Gasteiger partial charge in [0.05, 0.1) is 17.7 Å². The number of nitrogens with one attached hydrogen (secondary N) is 1. The van der Waals surface area contributed by atoms with Crippen molar-refractivity contribution >= 4 is 0 Å². The highest BCUT2D eigenvalue weighted by molar-refractivity contribution is 5.03. The Balaban J connectivity index is 2.13. The van der Waals surface area contributed by atoms with Crippen LogP contribution in [0.1, 0.15) is 26.2 Å². The molecule has 2 bridgehead atoms. The summed E-state index contributed by atoms with van der Waals surface area (Å²) in [6, 6.07) is 0. The first-order chi connectivity index (χ1) is 6.58. The molecule has 14 heavy (non-hydrogen) atoms. The molecular weight excluding hydrogens is 188 g/mol. The van der Waals surface area contributed by atoms with Gasteiger partial charge in [-0.15, -0.1) is 0 Å². The molecule has 2 rings (SSSR count). The number of rotatable bonds is 3. The second kappa shape index (κ2) is 3.42. The Morgan fingerprint density at radius 3 is 2.50 bits per heavy atom. The van der Waals surface area contributed by atoms with Gasteiger partial charge in [0, 0.05) is 5.92 Å². The van der Waals surface area contributed by atoms with Gasteiger partial charge in [-0.1, -0.05) is 0 Å². The fourth-order valence-electron chi connectivity index (χ4n) is 2.73. The zero-order chi connectivity index (χ0) is 10.3. The molecule has 4 unspecified atom stereocenters. The molecule has 0 radical (unpaired) electrons. The van der Waals surface area contributed by atoms with Crippen LogP contribution in [-0.4, -0.2) is 31.2 Å². The smallest absolute Gasteiger partial charge is 0.256 e. The summed E-state index contributed by atoms with van der Waals surface area (Å²) in [4.78, 5) is 0. The summed E-state index contributed by atoms with van der Waals surface area (Å²) in [5.74, 6) is -0.0359. The van der Waals surface area contributed by atoms with Gasteiger partial charge in [0.2, 0.25) is 0 Å². The van der Waals surface area contributed by atoms with Gasteiger partial charge in [0.1, 0.15) is 0 Å². The van der Waals surface area contributed by atoms with Crippen molar-refractivity contribution in [2.24, 2.45) is 5.92 Å². The standard InChI is InChI=1S/C10H17F2NO/c1-10(13-2,9(11)12)7-5-6-3-4-8(7)14-6/h6-9,13H,3-5H2,1-2H3. The predicted octanol–water partition coefficient (Wildman–Crippen LogP) is 1.80. The largest absolute Gasteiger partial charge is 0.375 e. The molecular formula is C10H17F2NO. The zero-order valence-corrected chi connectivity index (χ0v) is 8.59. The lowest BCUT2D eigenvalue weighted by atomic mass is 9.76. The number of hydrogen-bond acceptors (Lipinski definition) is 2. The quantitative estimate of drug-likeness (QED) is 0.758. The van der Waals surface area contributed by atoms with Crippen molar-refractivity contribution < 1.29 is 13.5 Å². The Bertz CT molecular complexity index is 224. The molecule has 4 atom stereocenters. The number of fused-ring (bicyclic) bond motifs is 2. The van der Waals surface area contributed by atoms with Crippen molar-refractivity contribution in [3.8, 4) is 0 Å². The second-order valence-electron chi connectivity index (χ2n) is 4.55. The van der Waals surface area contributed by atoms with Crippen LogP contribution in [0.4, 0.5) is 8.78 Å². The third-order valence-corrected chi connectivity index (χ3v) is 3.87. The molecule has 2 saturated heterocycles. The molecule has 0 saturated carbocycles. The lowest BCUT2D eigenvalue weighted by Crippen LogP contribution is -2.55. The summed E-state index contributed by atoms with van der Waals surface area (Å²) in [5.41, 5.74) is -1.08. The Hall–Kier alpha value is -0.220. The number of halogens is 2. The number of alkyl halides is 2.